The summed E-state index contributed by atoms with van der Waals surface area (Å²) in [6.07, 6.45) is 4.87. The van der Waals surface area contributed by atoms with Gasteiger partial charge in [-0.1, -0.05) is 23.7 Å². The number of halogens is 1. The highest BCUT2D eigenvalue weighted by atomic mass is 35.5. The summed E-state index contributed by atoms with van der Waals surface area (Å²) in [6, 6.07) is 16.4. The molecule has 0 radical (unpaired) electrons. The van der Waals surface area contributed by atoms with E-state index in [1.54, 1.807) is 6.92 Å². The van der Waals surface area contributed by atoms with Gasteiger partial charge in [-0.15, -0.1) is 0 Å². The van der Waals surface area contributed by atoms with Crippen molar-refractivity contribution in [3.63, 3.8) is 0 Å². The summed E-state index contributed by atoms with van der Waals surface area (Å²) < 4.78 is 0. The largest absolute Gasteiger partial charge is 0.369 e. The number of nitrogens with zero attached hydrogens (tertiary/aromatic N) is 2. The van der Waals surface area contributed by atoms with Crippen LogP contribution < -0.4 is 10.2 Å². The Balaban J connectivity index is 1.27. The van der Waals surface area contributed by atoms with Crippen molar-refractivity contribution >= 4 is 34.8 Å². The van der Waals surface area contributed by atoms with Crippen LogP contribution in [0.3, 0.4) is 0 Å². The molecule has 1 atom stereocenters. The normalized spacial score (nSPS) is 23.1. The Morgan fingerprint density at radius 2 is 1.62 bits per heavy atom. The maximum Gasteiger partial charge on any atom is 0.227 e. The molecular formula is C26H32ClN3O2. The summed E-state index contributed by atoms with van der Waals surface area (Å²) in [5.74, 6) is 0.815. The molecule has 1 unspecified atom stereocenters. The lowest BCUT2D eigenvalue weighted by molar-refractivity contribution is -0.129. The fraction of sp³-hybridized carbons (Fsp3) is 0.462. The highest BCUT2D eigenvalue weighted by Crippen LogP contribution is 2.36. The molecule has 2 fully saturated rings. The molecule has 2 amide bonds. The SMILES string of the molecule is CC(=O)N(C)C1CCN(c2ccc(NC(=O)[C@H]3CC[C@H](c4ccc(Cl)cc4)CC3)cc2)C1. The number of hydrogen-bond acceptors (Lipinski definition) is 3. The third-order valence-corrected chi connectivity index (χ3v) is 7.40. The average molecular weight is 454 g/mol. The van der Waals surface area contributed by atoms with Crippen LogP contribution in [0.15, 0.2) is 48.5 Å². The monoisotopic (exact) mass is 453 g/mol. The van der Waals surface area contributed by atoms with Crippen LogP contribution in [0.2, 0.25) is 5.02 Å². The molecule has 2 aliphatic rings. The van der Waals surface area contributed by atoms with Crippen molar-refractivity contribution < 1.29 is 9.59 Å². The van der Waals surface area contributed by atoms with Gasteiger partial charge in [0.2, 0.25) is 11.8 Å². The van der Waals surface area contributed by atoms with Crippen LogP contribution in [0.25, 0.3) is 0 Å². The number of carbonyl (C=O) groups excluding carboxylic acids is 2. The van der Waals surface area contributed by atoms with Gasteiger partial charge in [0.25, 0.3) is 0 Å². The molecule has 0 aromatic heterocycles. The first-order valence-corrected chi connectivity index (χ1v) is 11.9. The Bertz CT molecular complexity index is 937. The van der Waals surface area contributed by atoms with Gasteiger partial charge in [-0.25, -0.2) is 0 Å². The number of likely N-dealkylation sites (N-methyl/N-ethyl adjacent to an activating group) is 1. The van der Waals surface area contributed by atoms with Gasteiger partial charge in [-0.05, 0) is 80.0 Å². The van der Waals surface area contributed by atoms with Crippen LogP contribution in [0, 0.1) is 5.92 Å². The number of amides is 2. The lowest BCUT2D eigenvalue weighted by Crippen LogP contribution is -2.37. The van der Waals surface area contributed by atoms with E-state index in [1.807, 2.05) is 36.2 Å². The Hall–Kier alpha value is -2.53. The highest BCUT2D eigenvalue weighted by Gasteiger charge is 2.28. The van der Waals surface area contributed by atoms with Crippen molar-refractivity contribution in [1.82, 2.24) is 4.90 Å². The topological polar surface area (TPSA) is 52.7 Å². The van der Waals surface area contributed by atoms with Crippen molar-refractivity contribution in [3.8, 4) is 0 Å². The molecule has 0 spiro atoms. The molecule has 1 saturated carbocycles. The van der Waals surface area contributed by atoms with Gasteiger partial charge in [0.05, 0.1) is 6.04 Å². The van der Waals surface area contributed by atoms with Crippen molar-refractivity contribution in [2.45, 2.75) is 51.0 Å². The van der Waals surface area contributed by atoms with Gasteiger partial charge in [0, 0.05) is 49.4 Å². The van der Waals surface area contributed by atoms with E-state index in [-0.39, 0.29) is 23.8 Å². The quantitative estimate of drug-likeness (QED) is 0.667. The summed E-state index contributed by atoms with van der Waals surface area (Å²) in [5, 5.41) is 3.87. The summed E-state index contributed by atoms with van der Waals surface area (Å²) in [7, 11) is 1.87. The Morgan fingerprint density at radius 3 is 2.25 bits per heavy atom. The van der Waals surface area contributed by atoms with Crippen LogP contribution >= 0.6 is 11.6 Å². The molecule has 2 aromatic rings. The standard InChI is InChI=1S/C26H32ClN3O2/c1-18(31)29(2)25-15-16-30(17-25)24-13-11-23(12-14-24)28-26(32)21-5-3-19(4-6-21)20-7-9-22(27)10-8-20/h7-14,19,21,25H,3-6,15-17H2,1-2H3,(H,28,32)/t19-,21-,25?. The second-order valence-corrected chi connectivity index (χ2v) is 9.59. The first-order chi connectivity index (χ1) is 15.4. The van der Waals surface area contributed by atoms with Crippen LogP contribution in [0.5, 0.6) is 0 Å². The van der Waals surface area contributed by atoms with E-state index in [4.69, 9.17) is 11.6 Å². The molecule has 1 heterocycles. The van der Waals surface area contributed by atoms with Gasteiger partial charge >= 0.3 is 0 Å². The maximum atomic E-state index is 12.8. The number of anilines is 2. The number of benzene rings is 2. The first kappa shape index (κ1) is 22.7. The molecule has 170 valence electrons. The molecule has 1 N–H and O–H groups in total. The molecule has 2 aromatic carbocycles. The number of nitrogens with one attached hydrogen (secondary N) is 1. The summed E-state index contributed by atoms with van der Waals surface area (Å²) in [5.41, 5.74) is 3.29. The average Bonchev–Trinajstić information content (AvgIpc) is 3.30. The van der Waals surface area contributed by atoms with E-state index < -0.39 is 0 Å². The van der Waals surface area contributed by atoms with Crippen molar-refractivity contribution in [3.05, 3.63) is 59.1 Å². The molecule has 5 nitrogen and oxygen atoms in total. The zero-order valence-electron chi connectivity index (χ0n) is 18.9. The van der Waals surface area contributed by atoms with Crippen LogP contribution in [-0.4, -0.2) is 42.9 Å². The van der Waals surface area contributed by atoms with E-state index in [0.717, 1.165) is 61.6 Å². The molecule has 1 aliphatic heterocycles. The lowest BCUT2D eigenvalue weighted by atomic mass is 9.78. The first-order valence-electron chi connectivity index (χ1n) is 11.6. The molecule has 32 heavy (non-hydrogen) atoms. The summed E-state index contributed by atoms with van der Waals surface area (Å²) in [4.78, 5) is 28.5. The smallest absolute Gasteiger partial charge is 0.227 e. The molecular weight excluding hydrogens is 422 g/mol. The lowest BCUT2D eigenvalue weighted by Gasteiger charge is -2.28. The Kier molecular flexibility index (Phi) is 7.04. The predicted octanol–water partition coefficient (Wildman–Crippen LogP) is 5.31. The fourth-order valence-electron chi connectivity index (χ4n) is 4.97. The van der Waals surface area contributed by atoms with Crippen LogP contribution in [0.1, 0.15) is 50.5 Å². The minimum Gasteiger partial charge on any atom is -0.369 e. The second kappa shape index (κ2) is 9.95. The number of hydrogen-bond donors (Lipinski definition) is 1. The van der Waals surface area contributed by atoms with Crippen molar-refractivity contribution in [2.75, 3.05) is 30.4 Å². The van der Waals surface area contributed by atoms with E-state index in [2.05, 4.69) is 34.5 Å². The minimum absolute atomic E-state index is 0.0692. The van der Waals surface area contributed by atoms with Crippen molar-refractivity contribution in [1.29, 1.82) is 0 Å². The minimum atomic E-state index is 0.0692. The highest BCUT2D eigenvalue weighted by molar-refractivity contribution is 6.30. The second-order valence-electron chi connectivity index (χ2n) is 9.15. The summed E-state index contributed by atoms with van der Waals surface area (Å²) >= 11 is 6.00. The summed E-state index contributed by atoms with van der Waals surface area (Å²) in [6.45, 7) is 3.40. The van der Waals surface area contributed by atoms with Gasteiger partial charge in [0.15, 0.2) is 0 Å². The van der Waals surface area contributed by atoms with Crippen molar-refractivity contribution in [2.24, 2.45) is 5.92 Å². The van der Waals surface area contributed by atoms with Gasteiger partial charge in [0.1, 0.15) is 0 Å². The van der Waals surface area contributed by atoms with Gasteiger partial charge < -0.3 is 15.1 Å². The van der Waals surface area contributed by atoms with Crippen LogP contribution in [-0.2, 0) is 9.59 Å². The maximum absolute atomic E-state index is 12.8. The molecule has 1 saturated heterocycles. The molecule has 0 bridgehead atoms. The van der Waals surface area contributed by atoms with Crippen LogP contribution in [0.4, 0.5) is 11.4 Å². The number of rotatable bonds is 5. The fourth-order valence-corrected chi connectivity index (χ4v) is 5.10. The van der Waals surface area contributed by atoms with Gasteiger partial charge in [-0.2, -0.15) is 0 Å². The molecule has 6 heteroatoms. The van der Waals surface area contributed by atoms with E-state index in [1.165, 1.54) is 5.56 Å². The molecule has 4 rings (SSSR count). The predicted molar refractivity (Wildman–Crippen MR) is 130 cm³/mol. The third-order valence-electron chi connectivity index (χ3n) is 7.15. The van der Waals surface area contributed by atoms with E-state index in [0.29, 0.717) is 5.92 Å². The van der Waals surface area contributed by atoms with Gasteiger partial charge in [-0.3, -0.25) is 9.59 Å². The third kappa shape index (κ3) is 5.26. The zero-order chi connectivity index (χ0) is 22.7. The molecule has 1 aliphatic carbocycles. The Morgan fingerprint density at radius 1 is 0.969 bits per heavy atom. The zero-order valence-corrected chi connectivity index (χ0v) is 19.6. The van der Waals surface area contributed by atoms with E-state index >= 15 is 0 Å². The van der Waals surface area contributed by atoms with E-state index in [9.17, 15) is 9.59 Å². The number of carbonyl (C=O) groups is 2. The Labute approximate surface area is 195 Å².